The Hall–Kier alpha value is -0.740. The van der Waals surface area contributed by atoms with Crippen molar-refractivity contribution in [2.24, 2.45) is 0 Å². The molecule has 96 valence electrons. The van der Waals surface area contributed by atoms with E-state index in [9.17, 15) is 0 Å². The van der Waals surface area contributed by atoms with Crippen LogP contribution < -0.4 is 4.90 Å². The minimum atomic E-state index is 0.0604. The van der Waals surface area contributed by atoms with E-state index in [-0.39, 0.29) is 6.61 Å². The lowest BCUT2D eigenvalue weighted by Crippen LogP contribution is -2.33. The molecule has 0 saturated carbocycles. The van der Waals surface area contributed by atoms with E-state index in [1.165, 1.54) is 0 Å². The van der Waals surface area contributed by atoms with E-state index >= 15 is 0 Å². The van der Waals surface area contributed by atoms with Crippen molar-refractivity contribution < 1.29 is 5.11 Å². The minimum Gasteiger partial charge on any atom is -0.392 e. The molecule has 0 radical (unpaired) electrons. The first-order chi connectivity index (χ1) is 8.13. The summed E-state index contributed by atoms with van der Waals surface area (Å²) in [6.07, 6.45) is 3.24. The first-order valence-corrected chi connectivity index (χ1v) is 7.32. The second-order valence-corrected chi connectivity index (χ2v) is 5.11. The van der Waals surface area contributed by atoms with Gasteiger partial charge in [0, 0.05) is 24.5 Å². The Balaban J connectivity index is 2.87. The van der Waals surface area contributed by atoms with Gasteiger partial charge in [-0.3, -0.25) is 0 Å². The predicted octanol–water partition coefficient (Wildman–Crippen LogP) is 2.46. The van der Waals surface area contributed by atoms with Gasteiger partial charge in [0.2, 0.25) is 0 Å². The Morgan fingerprint density at radius 3 is 2.65 bits per heavy atom. The molecular weight excluding hydrogens is 232 g/mol. The lowest BCUT2D eigenvalue weighted by atomic mass is 10.2. The highest BCUT2D eigenvalue weighted by Gasteiger charge is 2.14. The van der Waals surface area contributed by atoms with Gasteiger partial charge >= 0.3 is 0 Å². The Morgan fingerprint density at radius 1 is 1.47 bits per heavy atom. The number of aliphatic hydroxyl groups excluding tert-OH is 1. The lowest BCUT2D eigenvalue weighted by Gasteiger charge is -2.28. The van der Waals surface area contributed by atoms with Gasteiger partial charge in [-0.05, 0) is 31.2 Å². The van der Waals surface area contributed by atoms with Crippen LogP contribution in [0.25, 0.3) is 0 Å². The molecule has 0 fully saturated rings. The van der Waals surface area contributed by atoms with E-state index in [0.717, 1.165) is 29.2 Å². The lowest BCUT2D eigenvalue weighted by molar-refractivity contribution is 0.280. The van der Waals surface area contributed by atoms with Crippen molar-refractivity contribution >= 4 is 17.6 Å². The van der Waals surface area contributed by atoms with Gasteiger partial charge in [-0.2, -0.15) is 11.8 Å². The number of aromatic nitrogens is 1. The molecule has 3 nitrogen and oxygen atoms in total. The molecule has 0 saturated heterocycles. The van der Waals surface area contributed by atoms with Crippen LogP contribution in [0.3, 0.4) is 0 Å². The van der Waals surface area contributed by atoms with Crippen molar-refractivity contribution in [1.82, 2.24) is 4.98 Å². The van der Waals surface area contributed by atoms with Crippen molar-refractivity contribution in [3.05, 3.63) is 23.4 Å². The van der Waals surface area contributed by atoms with Gasteiger partial charge in [-0.25, -0.2) is 4.98 Å². The van der Waals surface area contributed by atoms with Gasteiger partial charge in [-0.15, -0.1) is 0 Å². The molecule has 0 aliphatic rings. The molecule has 1 unspecified atom stereocenters. The number of nitrogens with zero attached hydrogens (tertiary/aromatic N) is 2. The van der Waals surface area contributed by atoms with Gasteiger partial charge in [0.25, 0.3) is 0 Å². The fourth-order valence-corrected chi connectivity index (χ4v) is 2.67. The monoisotopic (exact) mass is 254 g/mol. The third kappa shape index (κ3) is 3.61. The third-order valence-electron chi connectivity index (χ3n) is 3.09. The van der Waals surface area contributed by atoms with Crippen LogP contribution in [-0.2, 0) is 6.61 Å². The standard InChI is InChI=1S/C13H22N2OS/c1-5-12(9-17-4)15(3)13-7-6-11(8-16)10(2)14-13/h6-7,12,16H,5,8-9H2,1-4H3. The zero-order valence-electron chi connectivity index (χ0n) is 11.1. The maximum Gasteiger partial charge on any atom is 0.128 e. The first-order valence-electron chi connectivity index (χ1n) is 5.93. The Labute approximate surface area is 108 Å². The van der Waals surface area contributed by atoms with Crippen LogP contribution in [-0.4, -0.2) is 35.2 Å². The van der Waals surface area contributed by atoms with E-state index < -0.39 is 0 Å². The molecule has 1 aromatic rings. The van der Waals surface area contributed by atoms with Crippen LogP contribution in [0.4, 0.5) is 5.82 Å². The number of aliphatic hydroxyl groups is 1. The fraction of sp³-hybridized carbons (Fsp3) is 0.615. The summed E-state index contributed by atoms with van der Waals surface area (Å²) in [6, 6.07) is 4.46. The highest BCUT2D eigenvalue weighted by Crippen LogP contribution is 2.18. The number of rotatable bonds is 6. The highest BCUT2D eigenvalue weighted by molar-refractivity contribution is 7.98. The van der Waals surface area contributed by atoms with Crippen LogP contribution in [0.15, 0.2) is 12.1 Å². The summed E-state index contributed by atoms with van der Waals surface area (Å²) in [5, 5.41) is 9.13. The van der Waals surface area contributed by atoms with E-state index in [2.05, 4.69) is 30.1 Å². The average molecular weight is 254 g/mol. The molecule has 0 aromatic carbocycles. The molecule has 1 aromatic heterocycles. The van der Waals surface area contributed by atoms with Crippen LogP contribution in [0.5, 0.6) is 0 Å². The van der Waals surface area contributed by atoms with E-state index in [0.29, 0.717) is 6.04 Å². The molecule has 0 amide bonds. The number of hydrogen-bond acceptors (Lipinski definition) is 4. The van der Waals surface area contributed by atoms with Gasteiger partial charge in [0.15, 0.2) is 0 Å². The summed E-state index contributed by atoms with van der Waals surface area (Å²) >= 11 is 1.86. The number of thioether (sulfide) groups is 1. The van der Waals surface area contributed by atoms with E-state index in [1.54, 1.807) is 0 Å². The van der Waals surface area contributed by atoms with Crippen LogP contribution in [0.1, 0.15) is 24.6 Å². The number of aryl methyl sites for hydroxylation is 1. The molecule has 1 rings (SSSR count). The largest absolute Gasteiger partial charge is 0.392 e. The van der Waals surface area contributed by atoms with Crippen LogP contribution in [0.2, 0.25) is 0 Å². The van der Waals surface area contributed by atoms with Crippen molar-refractivity contribution in [2.45, 2.75) is 32.9 Å². The number of anilines is 1. The predicted molar refractivity (Wildman–Crippen MR) is 75.8 cm³/mol. The summed E-state index contributed by atoms with van der Waals surface area (Å²) in [4.78, 5) is 6.78. The average Bonchev–Trinajstić information content (AvgIpc) is 2.35. The molecule has 0 spiro atoms. The Morgan fingerprint density at radius 2 is 2.18 bits per heavy atom. The van der Waals surface area contributed by atoms with Crippen molar-refractivity contribution in [1.29, 1.82) is 0 Å². The summed E-state index contributed by atoms with van der Waals surface area (Å²) in [5.41, 5.74) is 1.82. The molecule has 1 N–H and O–H groups in total. The topological polar surface area (TPSA) is 36.4 Å². The smallest absolute Gasteiger partial charge is 0.128 e. The maximum absolute atomic E-state index is 9.13. The molecule has 0 bridgehead atoms. The number of pyridine rings is 1. The summed E-state index contributed by atoms with van der Waals surface area (Å²) in [7, 11) is 2.09. The molecule has 0 aliphatic heterocycles. The summed E-state index contributed by atoms with van der Waals surface area (Å²) < 4.78 is 0. The second kappa shape index (κ2) is 6.87. The van der Waals surface area contributed by atoms with Crippen LogP contribution in [0, 0.1) is 6.92 Å². The quantitative estimate of drug-likeness (QED) is 0.846. The zero-order valence-corrected chi connectivity index (χ0v) is 11.9. The van der Waals surface area contributed by atoms with Gasteiger partial charge in [0.1, 0.15) is 5.82 Å². The third-order valence-corrected chi connectivity index (χ3v) is 3.81. The van der Waals surface area contributed by atoms with E-state index in [1.807, 2.05) is 30.8 Å². The molecule has 1 heterocycles. The molecular formula is C13H22N2OS. The molecule has 0 aliphatic carbocycles. The van der Waals surface area contributed by atoms with Gasteiger partial charge in [-0.1, -0.05) is 13.0 Å². The molecule has 17 heavy (non-hydrogen) atoms. The Bertz CT molecular complexity index is 357. The first kappa shape index (κ1) is 14.3. The van der Waals surface area contributed by atoms with Crippen LogP contribution >= 0.6 is 11.8 Å². The number of hydrogen-bond donors (Lipinski definition) is 1. The SMILES string of the molecule is CCC(CSC)N(C)c1ccc(CO)c(C)n1. The normalized spacial score (nSPS) is 12.5. The highest BCUT2D eigenvalue weighted by atomic mass is 32.2. The minimum absolute atomic E-state index is 0.0604. The fourth-order valence-electron chi connectivity index (χ4n) is 1.82. The van der Waals surface area contributed by atoms with Gasteiger partial charge in [0.05, 0.1) is 6.61 Å². The molecule has 1 atom stereocenters. The zero-order chi connectivity index (χ0) is 12.8. The Kier molecular flexibility index (Phi) is 5.78. The van der Waals surface area contributed by atoms with Gasteiger partial charge < -0.3 is 10.0 Å². The maximum atomic E-state index is 9.13. The summed E-state index contributed by atoms with van der Waals surface area (Å²) in [6.45, 7) is 4.20. The van der Waals surface area contributed by atoms with Crippen molar-refractivity contribution in [3.8, 4) is 0 Å². The van der Waals surface area contributed by atoms with Crippen molar-refractivity contribution in [2.75, 3.05) is 24.0 Å². The molecule has 4 heteroatoms. The second-order valence-electron chi connectivity index (χ2n) is 4.20. The van der Waals surface area contributed by atoms with E-state index in [4.69, 9.17) is 5.11 Å². The van der Waals surface area contributed by atoms with Crippen molar-refractivity contribution in [3.63, 3.8) is 0 Å². The summed E-state index contributed by atoms with van der Waals surface area (Å²) in [5.74, 6) is 2.09.